The van der Waals surface area contributed by atoms with Crippen LogP contribution in [0.5, 0.6) is 5.75 Å². The number of aliphatic hydroxyl groups is 1. The van der Waals surface area contributed by atoms with Crippen LogP contribution in [0.25, 0.3) is 10.9 Å². The Morgan fingerprint density at radius 1 is 1.31 bits per heavy atom. The average Bonchev–Trinajstić information content (AvgIpc) is 2.35. The molecule has 0 spiro atoms. The van der Waals surface area contributed by atoms with Gasteiger partial charge in [-0.25, -0.2) is 0 Å². The van der Waals surface area contributed by atoms with Crippen LogP contribution in [0.2, 0.25) is 0 Å². The molecule has 0 aliphatic heterocycles. The third kappa shape index (κ3) is 2.29. The van der Waals surface area contributed by atoms with E-state index in [0.29, 0.717) is 0 Å². The standard InChI is InChI=1S/C12H14N2O2/c13-7-9(15)8-16-12-5-1-4-11-10(12)3-2-6-14-11/h1-6,9,15H,7-8,13H2. The van der Waals surface area contributed by atoms with Crippen LogP contribution in [-0.2, 0) is 0 Å². The molecule has 1 aromatic heterocycles. The van der Waals surface area contributed by atoms with E-state index in [0.717, 1.165) is 16.7 Å². The Hall–Kier alpha value is -1.65. The predicted molar refractivity (Wildman–Crippen MR) is 62.3 cm³/mol. The van der Waals surface area contributed by atoms with Gasteiger partial charge in [-0.3, -0.25) is 4.98 Å². The van der Waals surface area contributed by atoms with E-state index in [-0.39, 0.29) is 13.2 Å². The van der Waals surface area contributed by atoms with E-state index in [1.54, 1.807) is 6.20 Å². The van der Waals surface area contributed by atoms with Crippen LogP contribution in [0.1, 0.15) is 0 Å². The fourth-order valence-electron chi connectivity index (χ4n) is 1.45. The zero-order valence-electron chi connectivity index (χ0n) is 8.84. The van der Waals surface area contributed by atoms with E-state index in [4.69, 9.17) is 10.5 Å². The number of aliphatic hydroxyl groups excluding tert-OH is 1. The minimum atomic E-state index is -0.632. The molecule has 0 radical (unpaired) electrons. The number of benzene rings is 1. The van der Waals surface area contributed by atoms with E-state index in [2.05, 4.69) is 4.98 Å². The first kappa shape index (κ1) is 10.9. The molecule has 0 bridgehead atoms. The third-order valence-corrected chi connectivity index (χ3v) is 2.31. The van der Waals surface area contributed by atoms with Crippen molar-refractivity contribution >= 4 is 10.9 Å². The first-order chi connectivity index (χ1) is 7.81. The van der Waals surface area contributed by atoms with Crippen molar-refractivity contribution in [3.8, 4) is 5.75 Å². The molecule has 0 fully saturated rings. The normalized spacial score (nSPS) is 12.6. The van der Waals surface area contributed by atoms with Gasteiger partial charge in [-0.15, -0.1) is 0 Å². The smallest absolute Gasteiger partial charge is 0.128 e. The van der Waals surface area contributed by atoms with Gasteiger partial charge in [0.15, 0.2) is 0 Å². The quantitative estimate of drug-likeness (QED) is 0.801. The molecule has 0 saturated heterocycles. The molecule has 0 aliphatic carbocycles. The van der Waals surface area contributed by atoms with Gasteiger partial charge in [0.1, 0.15) is 18.5 Å². The second-order valence-corrected chi connectivity index (χ2v) is 3.53. The van der Waals surface area contributed by atoms with Gasteiger partial charge in [0.2, 0.25) is 0 Å². The summed E-state index contributed by atoms with van der Waals surface area (Å²) in [7, 11) is 0. The van der Waals surface area contributed by atoms with E-state index in [9.17, 15) is 5.11 Å². The second kappa shape index (κ2) is 4.92. The molecule has 16 heavy (non-hydrogen) atoms. The van der Waals surface area contributed by atoms with Gasteiger partial charge < -0.3 is 15.6 Å². The number of hydrogen-bond acceptors (Lipinski definition) is 4. The summed E-state index contributed by atoms with van der Waals surface area (Å²) in [5.41, 5.74) is 6.18. The summed E-state index contributed by atoms with van der Waals surface area (Å²) in [6.45, 7) is 0.396. The van der Waals surface area contributed by atoms with Crippen LogP contribution in [0.4, 0.5) is 0 Å². The maximum Gasteiger partial charge on any atom is 0.128 e. The van der Waals surface area contributed by atoms with Crippen molar-refractivity contribution in [2.45, 2.75) is 6.10 Å². The first-order valence-corrected chi connectivity index (χ1v) is 5.16. The summed E-state index contributed by atoms with van der Waals surface area (Å²) in [6.07, 6.45) is 1.10. The second-order valence-electron chi connectivity index (χ2n) is 3.53. The lowest BCUT2D eigenvalue weighted by atomic mass is 10.2. The molecule has 1 heterocycles. The average molecular weight is 218 g/mol. The Labute approximate surface area is 93.7 Å². The van der Waals surface area contributed by atoms with Crippen LogP contribution < -0.4 is 10.5 Å². The highest BCUT2D eigenvalue weighted by atomic mass is 16.5. The molecule has 0 amide bonds. The number of nitrogens with zero attached hydrogens (tertiary/aromatic N) is 1. The Morgan fingerprint density at radius 2 is 2.19 bits per heavy atom. The monoisotopic (exact) mass is 218 g/mol. The number of fused-ring (bicyclic) bond motifs is 1. The zero-order chi connectivity index (χ0) is 11.4. The van der Waals surface area contributed by atoms with Gasteiger partial charge in [-0.05, 0) is 24.3 Å². The number of rotatable bonds is 4. The Morgan fingerprint density at radius 3 is 3.00 bits per heavy atom. The molecular formula is C12H14N2O2. The highest BCUT2D eigenvalue weighted by molar-refractivity contribution is 5.84. The predicted octanol–water partition coefficient (Wildman–Crippen LogP) is 0.933. The van der Waals surface area contributed by atoms with Gasteiger partial charge in [0.25, 0.3) is 0 Å². The highest BCUT2D eigenvalue weighted by Gasteiger charge is 2.05. The minimum absolute atomic E-state index is 0.197. The number of nitrogens with two attached hydrogens (primary N) is 1. The first-order valence-electron chi connectivity index (χ1n) is 5.16. The molecule has 1 aromatic carbocycles. The van der Waals surface area contributed by atoms with Crippen molar-refractivity contribution in [1.82, 2.24) is 4.98 Å². The molecular weight excluding hydrogens is 204 g/mol. The van der Waals surface area contributed by atoms with E-state index in [1.165, 1.54) is 0 Å². The van der Waals surface area contributed by atoms with Crippen molar-refractivity contribution in [3.63, 3.8) is 0 Å². The topological polar surface area (TPSA) is 68.4 Å². The van der Waals surface area contributed by atoms with Crippen LogP contribution in [0.3, 0.4) is 0 Å². The SMILES string of the molecule is NCC(O)COc1cccc2ncccc12. The molecule has 4 nitrogen and oxygen atoms in total. The van der Waals surface area contributed by atoms with E-state index in [1.807, 2.05) is 30.3 Å². The largest absolute Gasteiger partial charge is 0.490 e. The fraction of sp³-hybridized carbons (Fsp3) is 0.250. The van der Waals surface area contributed by atoms with E-state index < -0.39 is 6.10 Å². The fourth-order valence-corrected chi connectivity index (χ4v) is 1.45. The number of pyridine rings is 1. The van der Waals surface area contributed by atoms with Gasteiger partial charge in [-0.2, -0.15) is 0 Å². The lowest BCUT2D eigenvalue weighted by Crippen LogP contribution is -2.26. The maximum atomic E-state index is 9.33. The van der Waals surface area contributed by atoms with Gasteiger partial charge in [-0.1, -0.05) is 6.07 Å². The molecule has 0 aliphatic rings. The summed E-state index contributed by atoms with van der Waals surface area (Å²) in [5, 5.41) is 10.3. The summed E-state index contributed by atoms with van der Waals surface area (Å²) < 4.78 is 5.50. The summed E-state index contributed by atoms with van der Waals surface area (Å²) in [5.74, 6) is 0.720. The molecule has 2 aromatic rings. The molecule has 3 N–H and O–H groups in total. The summed E-state index contributed by atoms with van der Waals surface area (Å²) >= 11 is 0. The van der Waals surface area contributed by atoms with Crippen molar-refractivity contribution in [3.05, 3.63) is 36.5 Å². The van der Waals surface area contributed by atoms with E-state index >= 15 is 0 Å². The lowest BCUT2D eigenvalue weighted by Gasteiger charge is -2.11. The number of aromatic nitrogens is 1. The number of ether oxygens (including phenoxy) is 1. The van der Waals surface area contributed by atoms with Crippen LogP contribution >= 0.6 is 0 Å². The summed E-state index contributed by atoms with van der Waals surface area (Å²) in [4.78, 5) is 4.22. The molecule has 0 saturated carbocycles. The van der Waals surface area contributed by atoms with Crippen molar-refractivity contribution < 1.29 is 9.84 Å². The summed E-state index contributed by atoms with van der Waals surface area (Å²) in [6, 6.07) is 9.44. The van der Waals surface area contributed by atoms with Crippen molar-refractivity contribution in [2.24, 2.45) is 5.73 Å². The van der Waals surface area contributed by atoms with Gasteiger partial charge in [0.05, 0.1) is 5.52 Å². The van der Waals surface area contributed by atoms with Gasteiger partial charge >= 0.3 is 0 Å². The Bertz CT molecular complexity index is 468. The molecule has 84 valence electrons. The third-order valence-electron chi connectivity index (χ3n) is 2.31. The molecule has 2 rings (SSSR count). The van der Waals surface area contributed by atoms with Crippen LogP contribution in [0, 0.1) is 0 Å². The lowest BCUT2D eigenvalue weighted by molar-refractivity contribution is 0.115. The molecule has 4 heteroatoms. The minimum Gasteiger partial charge on any atom is -0.490 e. The van der Waals surface area contributed by atoms with Gasteiger partial charge in [0, 0.05) is 18.1 Å². The zero-order valence-corrected chi connectivity index (χ0v) is 8.84. The van der Waals surface area contributed by atoms with Crippen molar-refractivity contribution in [2.75, 3.05) is 13.2 Å². The van der Waals surface area contributed by atoms with Crippen LogP contribution in [-0.4, -0.2) is 29.3 Å². The maximum absolute atomic E-state index is 9.33. The van der Waals surface area contributed by atoms with Crippen molar-refractivity contribution in [1.29, 1.82) is 0 Å². The number of hydrogen-bond donors (Lipinski definition) is 2. The highest BCUT2D eigenvalue weighted by Crippen LogP contribution is 2.23. The van der Waals surface area contributed by atoms with Crippen LogP contribution in [0.15, 0.2) is 36.5 Å². The molecule has 1 atom stereocenters. The molecule has 1 unspecified atom stereocenters. The Kier molecular flexibility index (Phi) is 3.34. The Balaban J connectivity index is 2.23.